The first kappa shape index (κ1) is 9.69. The summed E-state index contributed by atoms with van der Waals surface area (Å²) in [5.74, 6) is -2.85. The Labute approximate surface area is 78.9 Å². The normalized spacial score (nSPS) is 10.8. The highest BCUT2D eigenvalue weighted by molar-refractivity contribution is 14.1. The number of rotatable bonds is 1. The second-order valence-electron chi connectivity index (χ2n) is 1.93. The van der Waals surface area contributed by atoms with E-state index in [2.05, 4.69) is 4.98 Å². The first-order valence-corrected chi connectivity index (χ1v) is 3.89. The quantitative estimate of drug-likeness (QED) is 0.440. The Morgan fingerprint density at radius 3 is 2.33 bits per heavy atom. The van der Waals surface area contributed by atoms with Gasteiger partial charge in [0.2, 0.25) is 0 Å². The number of alkyl halides is 2. The summed E-state index contributed by atoms with van der Waals surface area (Å²) in [5.41, 5.74) is -1.01. The average Bonchev–Trinajstić information content (AvgIpc) is 2.00. The van der Waals surface area contributed by atoms with E-state index in [9.17, 15) is 17.6 Å². The van der Waals surface area contributed by atoms with Crippen molar-refractivity contribution in [3.63, 3.8) is 0 Å². The Kier molecular flexibility index (Phi) is 2.86. The van der Waals surface area contributed by atoms with Crippen LogP contribution in [0, 0.1) is 15.3 Å². The second kappa shape index (κ2) is 3.55. The van der Waals surface area contributed by atoms with Crippen LogP contribution in [0.3, 0.4) is 0 Å². The van der Waals surface area contributed by atoms with Crippen LogP contribution in [0.1, 0.15) is 12.0 Å². The molecular weight excluding hydrogens is 289 g/mol. The molecule has 0 amide bonds. The number of halogens is 5. The average molecular weight is 291 g/mol. The molecule has 0 aliphatic rings. The second-order valence-corrected chi connectivity index (χ2v) is 2.95. The van der Waals surface area contributed by atoms with Gasteiger partial charge in [-0.05, 0) is 22.6 Å². The summed E-state index contributed by atoms with van der Waals surface area (Å²) < 4.78 is 48.7. The summed E-state index contributed by atoms with van der Waals surface area (Å²) in [4.78, 5) is 3.25. The van der Waals surface area contributed by atoms with Gasteiger partial charge >= 0.3 is 0 Å². The van der Waals surface area contributed by atoms with Crippen molar-refractivity contribution in [2.75, 3.05) is 0 Å². The van der Waals surface area contributed by atoms with Crippen molar-refractivity contribution >= 4 is 22.6 Å². The molecule has 0 aromatic carbocycles. The summed E-state index contributed by atoms with van der Waals surface area (Å²) in [6, 6.07) is 0. The van der Waals surface area contributed by atoms with Crippen molar-refractivity contribution in [1.82, 2.24) is 4.98 Å². The van der Waals surface area contributed by atoms with Gasteiger partial charge in [0.15, 0.2) is 11.6 Å². The van der Waals surface area contributed by atoms with E-state index in [1.807, 2.05) is 0 Å². The SMILES string of the molecule is Fc1c(C(F)F)cnc(I)c1F. The minimum atomic E-state index is -3.04. The van der Waals surface area contributed by atoms with Gasteiger partial charge in [-0.3, -0.25) is 0 Å². The van der Waals surface area contributed by atoms with Gasteiger partial charge < -0.3 is 0 Å². The van der Waals surface area contributed by atoms with E-state index in [4.69, 9.17) is 0 Å². The Morgan fingerprint density at radius 2 is 1.83 bits per heavy atom. The molecule has 66 valence electrons. The predicted octanol–water partition coefficient (Wildman–Crippen LogP) is 2.90. The van der Waals surface area contributed by atoms with Crippen LogP contribution in [0.4, 0.5) is 17.6 Å². The van der Waals surface area contributed by atoms with Crippen LogP contribution in [-0.2, 0) is 0 Å². The fourth-order valence-electron chi connectivity index (χ4n) is 0.609. The maximum absolute atomic E-state index is 12.6. The zero-order chi connectivity index (χ0) is 9.30. The zero-order valence-electron chi connectivity index (χ0n) is 5.49. The number of nitrogens with zero attached hydrogens (tertiary/aromatic N) is 1. The minimum absolute atomic E-state index is 0.255. The predicted molar refractivity (Wildman–Crippen MR) is 41.8 cm³/mol. The van der Waals surface area contributed by atoms with E-state index >= 15 is 0 Å². The highest BCUT2D eigenvalue weighted by atomic mass is 127. The van der Waals surface area contributed by atoms with Gasteiger partial charge in [-0.1, -0.05) is 0 Å². The molecule has 0 saturated heterocycles. The van der Waals surface area contributed by atoms with E-state index in [1.165, 1.54) is 22.6 Å². The summed E-state index contributed by atoms with van der Waals surface area (Å²) in [7, 11) is 0. The van der Waals surface area contributed by atoms with Crippen molar-refractivity contribution in [3.8, 4) is 0 Å². The topological polar surface area (TPSA) is 12.9 Å². The molecular formula is C6H2F4IN. The lowest BCUT2D eigenvalue weighted by Crippen LogP contribution is -1.99. The lowest BCUT2D eigenvalue weighted by atomic mass is 10.3. The maximum atomic E-state index is 12.6. The Bertz CT molecular complexity index is 302. The van der Waals surface area contributed by atoms with Gasteiger partial charge in [-0.25, -0.2) is 22.5 Å². The molecule has 0 saturated carbocycles. The van der Waals surface area contributed by atoms with Crippen LogP contribution in [0.2, 0.25) is 0 Å². The van der Waals surface area contributed by atoms with Crippen LogP contribution in [0.5, 0.6) is 0 Å². The molecule has 0 N–H and O–H groups in total. The van der Waals surface area contributed by atoms with Gasteiger partial charge in [0.25, 0.3) is 6.43 Å². The maximum Gasteiger partial charge on any atom is 0.268 e. The molecule has 1 aromatic rings. The van der Waals surface area contributed by atoms with Crippen molar-refractivity contribution < 1.29 is 17.6 Å². The molecule has 1 rings (SSSR count). The lowest BCUT2D eigenvalue weighted by molar-refractivity contribution is 0.144. The molecule has 1 nitrogen and oxygen atoms in total. The van der Waals surface area contributed by atoms with E-state index in [-0.39, 0.29) is 3.70 Å². The fourth-order valence-corrected chi connectivity index (χ4v) is 0.985. The first-order valence-electron chi connectivity index (χ1n) is 2.81. The Morgan fingerprint density at radius 1 is 1.25 bits per heavy atom. The van der Waals surface area contributed by atoms with Crippen LogP contribution in [0.25, 0.3) is 0 Å². The zero-order valence-corrected chi connectivity index (χ0v) is 7.65. The Hall–Kier alpha value is -0.400. The molecule has 0 bridgehead atoms. The Balaban J connectivity index is 3.27. The van der Waals surface area contributed by atoms with Gasteiger partial charge in [-0.15, -0.1) is 0 Å². The molecule has 0 atom stereocenters. The van der Waals surface area contributed by atoms with Crippen molar-refractivity contribution in [2.45, 2.75) is 6.43 Å². The molecule has 1 aromatic heterocycles. The van der Waals surface area contributed by atoms with Crippen LogP contribution in [-0.4, -0.2) is 4.98 Å². The first-order chi connectivity index (χ1) is 5.54. The smallest absolute Gasteiger partial charge is 0.246 e. The van der Waals surface area contributed by atoms with Crippen molar-refractivity contribution in [2.24, 2.45) is 0 Å². The molecule has 0 unspecified atom stereocenters. The van der Waals surface area contributed by atoms with Crippen molar-refractivity contribution in [1.29, 1.82) is 0 Å². The highest BCUT2D eigenvalue weighted by Crippen LogP contribution is 2.24. The van der Waals surface area contributed by atoms with Gasteiger partial charge in [0.05, 0.1) is 5.56 Å². The minimum Gasteiger partial charge on any atom is -0.246 e. The molecule has 0 spiro atoms. The van der Waals surface area contributed by atoms with Gasteiger partial charge in [0.1, 0.15) is 3.70 Å². The third kappa shape index (κ3) is 1.67. The number of pyridine rings is 1. The third-order valence-corrected chi connectivity index (χ3v) is 1.93. The standard InChI is InChI=1S/C6H2F4IN/c7-3-2(5(9)10)1-12-6(11)4(3)8/h1,5H. The molecule has 1 heterocycles. The molecule has 0 aliphatic heterocycles. The molecule has 0 aliphatic carbocycles. The number of aromatic nitrogens is 1. The van der Waals surface area contributed by atoms with Gasteiger partial charge in [0, 0.05) is 6.20 Å². The summed E-state index contributed by atoms with van der Waals surface area (Å²) in [5, 5.41) is 0. The van der Waals surface area contributed by atoms with Crippen LogP contribution in [0.15, 0.2) is 6.20 Å². The largest absolute Gasteiger partial charge is 0.268 e. The van der Waals surface area contributed by atoms with E-state index in [0.717, 1.165) is 0 Å². The summed E-state index contributed by atoms with van der Waals surface area (Å²) in [6.45, 7) is 0. The molecule has 0 fully saturated rings. The van der Waals surface area contributed by atoms with Gasteiger partial charge in [-0.2, -0.15) is 0 Å². The number of hydrogen-bond acceptors (Lipinski definition) is 1. The highest BCUT2D eigenvalue weighted by Gasteiger charge is 2.19. The third-order valence-electron chi connectivity index (χ3n) is 1.18. The molecule has 6 heteroatoms. The van der Waals surface area contributed by atoms with Crippen LogP contribution >= 0.6 is 22.6 Å². The van der Waals surface area contributed by atoms with E-state index < -0.39 is 23.6 Å². The summed E-state index contributed by atoms with van der Waals surface area (Å²) >= 11 is 1.42. The van der Waals surface area contributed by atoms with Crippen LogP contribution < -0.4 is 0 Å². The molecule has 12 heavy (non-hydrogen) atoms. The monoisotopic (exact) mass is 291 g/mol. The molecule has 0 radical (unpaired) electrons. The van der Waals surface area contributed by atoms with E-state index in [1.54, 1.807) is 0 Å². The fraction of sp³-hybridized carbons (Fsp3) is 0.167. The lowest BCUT2D eigenvalue weighted by Gasteiger charge is -2.01. The summed E-state index contributed by atoms with van der Waals surface area (Å²) in [6.07, 6.45) is -2.41. The van der Waals surface area contributed by atoms with E-state index in [0.29, 0.717) is 6.20 Å². The van der Waals surface area contributed by atoms with Crippen molar-refractivity contribution in [3.05, 3.63) is 27.1 Å². The number of hydrogen-bond donors (Lipinski definition) is 0.